The first kappa shape index (κ1) is 13.1. The Kier molecular flexibility index (Phi) is 4.82. The summed E-state index contributed by atoms with van der Waals surface area (Å²) in [6.45, 7) is 2.06. The van der Waals surface area contributed by atoms with Gasteiger partial charge in [0.05, 0.1) is 5.69 Å². The second-order valence-electron chi connectivity index (χ2n) is 3.56. The Hall–Kier alpha value is -1.01. The third-order valence-electron chi connectivity index (χ3n) is 2.25. The van der Waals surface area contributed by atoms with E-state index in [0.29, 0.717) is 5.75 Å². The van der Waals surface area contributed by atoms with Crippen molar-refractivity contribution in [2.75, 3.05) is 5.75 Å². The number of aliphatic carboxylic acids is 1. The third kappa shape index (κ3) is 3.53. The molecule has 1 aromatic heterocycles. The van der Waals surface area contributed by atoms with Crippen LogP contribution in [-0.2, 0) is 24.0 Å². The number of aryl methyl sites for hydroxylation is 2. The third-order valence-corrected chi connectivity index (χ3v) is 3.35. The molecule has 0 radical (unpaired) electrons. The summed E-state index contributed by atoms with van der Waals surface area (Å²) in [4.78, 5) is 10.5. The average Bonchev–Trinajstić information content (AvgIpc) is 2.59. The van der Waals surface area contributed by atoms with E-state index in [2.05, 4.69) is 12.0 Å². The maximum atomic E-state index is 10.5. The first-order valence-corrected chi connectivity index (χ1v) is 6.28. The molecule has 90 valence electrons. The van der Waals surface area contributed by atoms with E-state index in [9.17, 15) is 4.79 Å². The van der Waals surface area contributed by atoms with Crippen LogP contribution in [0.5, 0.6) is 0 Å². The molecular weight excluding hydrogens is 226 g/mol. The van der Waals surface area contributed by atoms with Gasteiger partial charge < -0.3 is 10.8 Å². The quantitative estimate of drug-likeness (QED) is 0.766. The molecule has 0 saturated heterocycles. The van der Waals surface area contributed by atoms with Crippen LogP contribution >= 0.6 is 11.8 Å². The van der Waals surface area contributed by atoms with E-state index in [1.807, 2.05) is 17.8 Å². The molecule has 0 saturated carbocycles. The van der Waals surface area contributed by atoms with Crippen LogP contribution in [0.3, 0.4) is 0 Å². The van der Waals surface area contributed by atoms with Gasteiger partial charge in [0.25, 0.3) is 0 Å². The maximum Gasteiger partial charge on any atom is 0.321 e. The van der Waals surface area contributed by atoms with Gasteiger partial charge in [-0.25, -0.2) is 0 Å². The lowest BCUT2D eigenvalue weighted by Gasteiger charge is -2.05. The molecular formula is C10H17N3O2S. The van der Waals surface area contributed by atoms with E-state index in [1.54, 1.807) is 0 Å². The lowest BCUT2D eigenvalue weighted by atomic mass is 10.3. The largest absolute Gasteiger partial charge is 0.480 e. The minimum atomic E-state index is -0.952. The highest BCUT2D eigenvalue weighted by Crippen LogP contribution is 2.13. The summed E-state index contributed by atoms with van der Waals surface area (Å²) in [6, 6.07) is 1.25. The molecule has 1 rings (SSSR count). The van der Waals surface area contributed by atoms with Gasteiger partial charge >= 0.3 is 5.97 Å². The topological polar surface area (TPSA) is 81.1 Å². The minimum Gasteiger partial charge on any atom is -0.480 e. The number of rotatable bonds is 6. The Bertz CT molecular complexity index is 365. The molecule has 0 aliphatic heterocycles. The number of hydrogen-bond acceptors (Lipinski definition) is 4. The number of aromatic nitrogens is 2. The monoisotopic (exact) mass is 243 g/mol. The standard InChI is InChI=1S/C10H17N3O2S/c1-3-7-4-8(13(2)12-7)5-16-6-9(11)10(14)15/h4,9H,3,5-6,11H2,1-2H3,(H,14,15)/t9-/m0/s1. The zero-order chi connectivity index (χ0) is 12.1. The highest BCUT2D eigenvalue weighted by atomic mass is 32.2. The molecule has 0 spiro atoms. The second kappa shape index (κ2) is 5.91. The minimum absolute atomic E-state index is 0.419. The number of nitrogens with two attached hydrogens (primary N) is 1. The van der Waals surface area contributed by atoms with Crippen molar-refractivity contribution in [3.63, 3.8) is 0 Å². The van der Waals surface area contributed by atoms with Gasteiger partial charge in [-0.1, -0.05) is 6.92 Å². The van der Waals surface area contributed by atoms with Crippen LogP contribution in [0.1, 0.15) is 18.3 Å². The van der Waals surface area contributed by atoms with Gasteiger partial charge in [0.2, 0.25) is 0 Å². The number of carbonyl (C=O) groups is 1. The first-order chi connectivity index (χ1) is 7.54. The normalized spacial score (nSPS) is 12.7. The Balaban J connectivity index is 2.42. The van der Waals surface area contributed by atoms with Crippen LogP contribution in [0.2, 0.25) is 0 Å². The van der Waals surface area contributed by atoms with Crippen molar-refractivity contribution in [2.45, 2.75) is 25.1 Å². The van der Waals surface area contributed by atoms with E-state index in [1.165, 1.54) is 11.8 Å². The van der Waals surface area contributed by atoms with E-state index in [0.717, 1.165) is 23.6 Å². The molecule has 0 aromatic carbocycles. The molecule has 0 fully saturated rings. The smallest absolute Gasteiger partial charge is 0.321 e. The highest BCUT2D eigenvalue weighted by Gasteiger charge is 2.11. The molecule has 0 aliphatic rings. The average molecular weight is 243 g/mol. The Morgan fingerprint density at radius 3 is 2.94 bits per heavy atom. The molecule has 0 unspecified atom stereocenters. The van der Waals surface area contributed by atoms with Crippen molar-refractivity contribution >= 4 is 17.7 Å². The first-order valence-electron chi connectivity index (χ1n) is 5.12. The van der Waals surface area contributed by atoms with Crippen molar-refractivity contribution in [2.24, 2.45) is 12.8 Å². The second-order valence-corrected chi connectivity index (χ2v) is 4.59. The fraction of sp³-hybridized carbons (Fsp3) is 0.600. The zero-order valence-electron chi connectivity index (χ0n) is 9.51. The molecule has 1 atom stereocenters. The molecule has 1 aromatic rings. The van der Waals surface area contributed by atoms with Crippen LogP contribution < -0.4 is 5.73 Å². The molecule has 0 aliphatic carbocycles. The number of carboxylic acid groups (broad SMARTS) is 1. The summed E-state index contributed by atoms with van der Waals surface area (Å²) in [5.74, 6) is 0.207. The fourth-order valence-electron chi connectivity index (χ4n) is 1.24. The lowest BCUT2D eigenvalue weighted by Crippen LogP contribution is -2.32. The SMILES string of the molecule is CCc1cc(CSC[C@H](N)C(=O)O)n(C)n1. The van der Waals surface area contributed by atoms with Crippen LogP contribution in [0, 0.1) is 0 Å². The summed E-state index contributed by atoms with van der Waals surface area (Å²) < 4.78 is 1.83. The Morgan fingerprint density at radius 1 is 1.75 bits per heavy atom. The summed E-state index contributed by atoms with van der Waals surface area (Å²) in [5, 5.41) is 12.9. The molecule has 3 N–H and O–H groups in total. The summed E-state index contributed by atoms with van der Waals surface area (Å²) in [6.07, 6.45) is 0.910. The number of nitrogens with zero attached hydrogens (tertiary/aromatic N) is 2. The van der Waals surface area contributed by atoms with Crippen LogP contribution in [-0.4, -0.2) is 32.7 Å². The van der Waals surface area contributed by atoms with Crippen molar-refractivity contribution in [1.29, 1.82) is 0 Å². The van der Waals surface area contributed by atoms with Crippen LogP contribution in [0.4, 0.5) is 0 Å². The predicted octanol–water partition coefficient (Wildman–Crippen LogP) is 0.628. The molecule has 6 heteroatoms. The van der Waals surface area contributed by atoms with Gasteiger partial charge in [0.1, 0.15) is 6.04 Å². The van der Waals surface area contributed by atoms with E-state index in [4.69, 9.17) is 10.8 Å². The molecule has 16 heavy (non-hydrogen) atoms. The Morgan fingerprint density at radius 2 is 2.44 bits per heavy atom. The van der Waals surface area contributed by atoms with Gasteiger partial charge in [-0.3, -0.25) is 9.48 Å². The molecule has 1 heterocycles. The number of hydrogen-bond donors (Lipinski definition) is 2. The predicted molar refractivity (Wildman–Crippen MR) is 64.4 cm³/mol. The van der Waals surface area contributed by atoms with Gasteiger partial charge in [-0.15, -0.1) is 0 Å². The summed E-state index contributed by atoms with van der Waals surface area (Å²) >= 11 is 1.51. The van der Waals surface area contributed by atoms with Crippen molar-refractivity contribution in [3.05, 3.63) is 17.5 Å². The molecule has 5 nitrogen and oxygen atoms in total. The van der Waals surface area contributed by atoms with Gasteiger partial charge in [0, 0.05) is 24.2 Å². The molecule has 0 bridgehead atoms. The maximum absolute atomic E-state index is 10.5. The van der Waals surface area contributed by atoms with Crippen LogP contribution in [0.25, 0.3) is 0 Å². The summed E-state index contributed by atoms with van der Waals surface area (Å²) in [7, 11) is 1.90. The van der Waals surface area contributed by atoms with E-state index in [-0.39, 0.29) is 0 Å². The fourth-order valence-corrected chi connectivity index (χ4v) is 2.23. The van der Waals surface area contributed by atoms with Crippen molar-refractivity contribution in [3.8, 4) is 0 Å². The van der Waals surface area contributed by atoms with Crippen molar-refractivity contribution < 1.29 is 9.90 Å². The van der Waals surface area contributed by atoms with Crippen molar-refractivity contribution in [1.82, 2.24) is 9.78 Å². The zero-order valence-corrected chi connectivity index (χ0v) is 10.3. The van der Waals surface area contributed by atoms with Crippen LogP contribution in [0.15, 0.2) is 6.07 Å². The highest BCUT2D eigenvalue weighted by molar-refractivity contribution is 7.98. The number of thioether (sulfide) groups is 1. The van der Waals surface area contributed by atoms with E-state index < -0.39 is 12.0 Å². The van der Waals surface area contributed by atoms with Gasteiger partial charge in [-0.05, 0) is 12.5 Å². The van der Waals surface area contributed by atoms with Gasteiger partial charge in [-0.2, -0.15) is 16.9 Å². The van der Waals surface area contributed by atoms with E-state index >= 15 is 0 Å². The molecule has 0 amide bonds. The lowest BCUT2D eigenvalue weighted by molar-refractivity contribution is -0.137. The van der Waals surface area contributed by atoms with Gasteiger partial charge in [0.15, 0.2) is 0 Å². The Labute approximate surface area is 99.0 Å². The summed E-state index contributed by atoms with van der Waals surface area (Å²) in [5.41, 5.74) is 7.56. The number of carboxylic acids is 1.